The average molecular weight is 424 g/mol. The smallest absolute Gasteiger partial charge is 0.233 e. The van der Waals surface area contributed by atoms with Gasteiger partial charge in [0, 0.05) is 25.4 Å². The summed E-state index contributed by atoms with van der Waals surface area (Å²) >= 11 is 1.40. The fourth-order valence-corrected chi connectivity index (χ4v) is 4.49. The summed E-state index contributed by atoms with van der Waals surface area (Å²) < 4.78 is 7.32. The summed E-state index contributed by atoms with van der Waals surface area (Å²) in [6.07, 6.45) is 3.99. The topological polar surface area (TPSA) is 73.1 Å². The quantitative estimate of drug-likeness (QED) is 0.563. The van der Waals surface area contributed by atoms with Crippen LogP contribution in [-0.4, -0.2) is 56.5 Å². The van der Waals surface area contributed by atoms with Gasteiger partial charge in [0.05, 0.1) is 18.6 Å². The van der Waals surface area contributed by atoms with Crippen LogP contribution in [0, 0.1) is 5.92 Å². The highest BCUT2D eigenvalue weighted by atomic mass is 32.2. The zero-order valence-corrected chi connectivity index (χ0v) is 18.0. The lowest BCUT2D eigenvalue weighted by atomic mass is 10.0. The van der Waals surface area contributed by atoms with Crippen LogP contribution in [-0.2, 0) is 4.79 Å². The van der Waals surface area contributed by atoms with Crippen molar-refractivity contribution in [2.24, 2.45) is 5.92 Å². The van der Waals surface area contributed by atoms with Crippen LogP contribution in [0.4, 0.5) is 0 Å². The van der Waals surface area contributed by atoms with Crippen LogP contribution in [0.25, 0.3) is 17.2 Å². The summed E-state index contributed by atoms with van der Waals surface area (Å²) in [5.41, 5.74) is 1.58. The van der Waals surface area contributed by atoms with Gasteiger partial charge in [0.2, 0.25) is 5.91 Å². The van der Waals surface area contributed by atoms with Crippen molar-refractivity contribution in [1.82, 2.24) is 24.6 Å². The van der Waals surface area contributed by atoms with E-state index in [0.717, 1.165) is 36.6 Å². The van der Waals surface area contributed by atoms with Crippen LogP contribution in [0.15, 0.2) is 53.8 Å². The van der Waals surface area contributed by atoms with Crippen molar-refractivity contribution in [3.63, 3.8) is 0 Å². The van der Waals surface area contributed by atoms with Crippen molar-refractivity contribution in [2.75, 3.05) is 26.0 Å². The van der Waals surface area contributed by atoms with Gasteiger partial charge in [-0.3, -0.25) is 14.3 Å². The van der Waals surface area contributed by atoms with E-state index >= 15 is 0 Å². The number of carbonyl (C=O) groups excluding carboxylic acids is 1. The second-order valence-electron chi connectivity index (χ2n) is 7.43. The lowest BCUT2D eigenvalue weighted by Gasteiger charge is -2.30. The number of piperidine rings is 1. The summed E-state index contributed by atoms with van der Waals surface area (Å²) in [6, 6.07) is 13.4. The molecule has 4 rings (SSSR count). The van der Waals surface area contributed by atoms with E-state index in [1.165, 1.54) is 18.2 Å². The van der Waals surface area contributed by atoms with Crippen LogP contribution in [0.5, 0.6) is 5.75 Å². The Morgan fingerprint density at radius 2 is 2.13 bits per heavy atom. The number of benzene rings is 1. The van der Waals surface area contributed by atoms with E-state index < -0.39 is 0 Å². The number of aromatic nitrogens is 4. The number of pyridine rings is 1. The molecule has 156 valence electrons. The number of rotatable bonds is 6. The van der Waals surface area contributed by atoms with Gasteiger partial charge >= 0.3 is 0 Å². The first kappa shape index (κ1) is 20.4. The maximum absolute atomic E-state index is 12.8. The van der Waals surface area contributed by atoms with Gasteiger partial charge in [0.25, 0.3) is 0 Å². The Hall–Kier alpha value is -2.87. The number of thioether (sulfide) groups is 1. The number of amides is 1. The number of hydrogen-bond acceptors (Lipinski definition) is 6. The lowest BCUT2D eigenvalue weighted by molar-refractivity contribution is -0.130. The monoisotopic (exact) mass is 423 g/mol. The van der Waals surface area contributed by atoms with Gasteiger partial charge in [0.15, 0.2) is 11.0 Å². The molecule has 7 nitrogen and oxygen atoms in total. The van der Waals surface area contributed by atoms with E-state index in [-0.39, 0.29) is 5.91 Å². The summed E-state index contributed by atoms with van der Waals surface area (Å²) in [5.74, 6) is 2.40. The van der Waals surface area contributed by atoms with Crippen molar-refractivity contribution < 1.29 is 9.53 Å². The first-order valence-electron chi connectivity index (χ1n) is 10.1. The molecule has 0 radical (unpaired) electrons. The molecule has 8 heteroatoms. The molecular formula is C22H25N5O2S. The Bertz CT molecular complexity index is 1010. The molecule has 1 atom stereocenters. The Labute approximate surface area is 180 Å². The molecule has 1 aliphatic rings. The molecule has 3 heterocycles. The highest BCUT2D eigenvalue weighted by Gasteiger charge is 2.23. The van der Waals surface area contributed by atoms with E-state index in [9.17, 15) is 4.79 Å². The van der Waals surface area contributed by atoms with Crippen molar-refractivity contribution in [2.45, 2.75) is 24.9 Å². The first-order chi connectivity index (χ1) is 14.7. The van der Waals surface area contributed by atoms with Crippen molar-refractivity contribution in [3.8, 4) is 23.0 Å². The molecule has 0 bridgehead atoms. The van der Waals surface area contributed by atoms with E-state index in [1.54, 1.807) is 13.3 Å². The largest absolute Gasteiger partial charge is 0.497 e. The molecule has 0 aliphatic carbocycles. The predicted molar refractivity (Wildman–Crippen MR) is 117 cm³/mol. The van der Waals surface area contributed by atoms with Crippen molar-refractivity contribution >= 4 is 17.7 Å². The maximum Gasteiger partial charge on any atom is 0.233 e. The maximum atomic E-state index is 12.8. The fourth-order valence-electron chi connectivity index (χ4n) is 3.64. The first-order valence-corrected chi connectivity index (χ1v) is 11.1. The summed E-state index contributed by atoms with van der Waals surface area (Å²) in [4.78, 5) is 19.2. The third-order valence-electron chi connectivity index (χ3n) is 5.17. The zero-order valence-electron chi connectivity index (χ0n) is 17.2. The highest BCUT2D eigenvalue weighted by Crippen LogP contribution is 2.29. The standard InChI is InChI=1S/C22H25N5O2S/c1-16-7-6-12-26(14-16)20(28)15-30-22-25-24-21(19-10-3-4-11-23-19)27(22)17-8-5-9-18(13-17)29-2/h3-5,8-11,13,16H,6-7,12,14-15H2,1-2H3. The number of carbonyl (C=O) groups is 1. The molecule has 0 N–H and O–H groups in total. The van der Waals surface area contributed by atoms with Crippen molar-refractivity contribution in [1.29, 1.82) is 0 Å². The summed E-state index contributed by atoms with van der Waals surface area (Å²) in [5, 5.41) is 9.42. The minimum atomic E-state index is 0.145. The lowest BCUT2D eigenvalue weighted by Crippen LogP contribution is -2.40. The van der Waals surface area contributed by atoms with Crippen LogP contribution >= 0.6 is 11.8 Å². The Morgan fingerprint density at radius 3 is 2.90 bits per heavy atom. The number of hydrogen-bond donors (Lipinski definition) is 0. The highest BCUT2D eigenvalue weighted by molar-refractivity contribution is 7.99. The minimum absolute atomic E-state index is 0.145. The molecule has 2 aromatic heterocycles. The third kappa shape index (κ3) is 4.48. The molecule has 0 spiro atoms. The zero-order chi connectivity index (χ0) is 20.9. The number of nitrogens with zero attached hydrogens (tertiary/aromatic N) is 5. The van der Waals surface area contributed by atoms with Gasteiger partial charge in [-0.15, -0.1) is 10.2 Å². The van der Waals surface area contributed by atoms with Gasteiger partial charge in [-0.05, 0) is 43.0 Å². The van der Waals surface area contributed by atoms with Crippen LogP contribution in [0.2, 0.25) is 0 Å². The molecule has 30 heavy (non-hydrogen) atoms. The van der Waals surface area contributed by atoms with Crippen LogP contribution in [0.1, 0.15) is 19.8 Å². The molecule has 0 saturated carbocycles. The predicted octanol–water partition coefficient (Wildman–Crippen LogP) is 3.69. The van der Waals surface area contributed by atoms with Crippen LogP contribution in [0.3, 0.4) is 0 Å². The summed E-state index contributed by atoms with van der Waals surface area (Å²) in [6.45, 7) is 3.87. The second kappa shape index (κ2) is 9.30. The molecule has 1 aliphatic heterocycles. The average Bonchev–Trinajstić information content (AvgIpc) is 3.22. The van der Waals surface area contributed by atoms with Gasteiger partial charge in [0.1, 0.15) is 11.4 Å². The Morgan fingerprint density at radius 1 is 1.23 bits per heavy atom. The molecule has 1 amide bonds. The molecule has 1 aromatic carbocycles. The molecule has 3 aromatic rings. The van der Waals surface area contributed by atoms with E-state index in [4.69, 9.17) is 4.74 Å². The van der Waals surface area contributed by atoms with E-state index in [1.807, 2.05) is 51.9 Å². The number of likely N-dealkylation sites (tertiary alicyclic amines) is 1. The van der Waals surface area contributed by atoms with E-state index in [2.05, 4.69) is 22.1 Å². The number of ether oxygens (including phenoxy) is 1. The second-order valence-corrected chi connectivity index (χ2v) is 8.38. The summed E-state index contributed by atoms with van der Waals surface area (Å²) in [7, 11) is 1.64. The molecule has 1 saturated heterocycles. The van der Waals surface area contributed by atoms with Gasteiger partial charge in [-0.25, -0.2) is 0 Å². The number of methoxy groups -OCH3 is 1. The van der Waals surface area contributed by atoms with Crippen LogP contribution < -0.4 is 4.74 Å². The minimum Gasteiger partial charge on any atom is -0.497 e. The Balaban J connectivity index is 1.63. The third-order valence-corrected chi connectivity index (χ3v) is 6.09. The van der Waals surface area contributed by atoms with Gasteiger partial charge < -0.3 is 9.64 Å². The molecule has 1 fully saturated rings. The van der Waals surface area contributed by atoms with Gasteiger partial charge in [-0.1, -0.05) is 30.8 Å². The normalized spacial score (nSPS) is 16.5. The molecular weight excluding hydrogens is 398 g/mol. The molecule has 1 unspecified atom stereocenters. The van der Waals surface area contributed by atoms with E-state index in [0.29, 0.717) is 22.7 Å². The van der Waals surface area contributed by atoms with Crippen molar-refractivity contribution in [3.05, 3.63) is 48.7 Å². The fraction of sp³-hybridized carbons (Fsp3) is 0.364. The SMILES string of the molecule is COc1cccc(-n2c(SCC(=O)N3CCCC(C)C3)nnc2-c2ccccn2)c1. The van der Waals surface area contributed by atoms with Gasteiger partial charge in [-0.2, -0.15) is 0 Å². The Kier molecular flexibility index (Phi) is 6.32.